The van der Waals surface area contributed by atoms with Crippen LogP contribution in [0, 0.1) is 11.6 Å². The second-order valence-electron chi connectivity index (χ2n) is 8.16. The number of pyridine rings is 1. The maximum Gasteiger partial charge on any atom is 0.341 e. The maximum atomic E-state index is 15.7. The predicted molar refractivity (Wildman–Crippen MR) is 121 cm³/mol. The van der Waals surface area contributed by atoms with E-state index in [1.807, 2.05) is 0 Å². The van der Waals surface area contributed by atoms with Gasteiger partial charge in [0.15, 0.2) is 11.6 Å². The topological polar surface area (TPSA) is 175 Å². The summed E-state index contributed by atoms with van der Waals surface area (Å²) in [6.07, 6.45) is 2.91. The van der Waals surface area contributed by atoms with Gasteiger partial charge in [0.05, 0.1) is 22.6 Å². The van der Waals surface area contributed by atoms with Gasteiger partial charge in [-0.15, -0.1) is 12.4 Å². The van der Waals surface area contributed by atoms with E-state index in [4.69, 9.17) is 11.5 Å². The van der Waals surface area contributed by atoms with Gasteiger partial charge in [0.25, 0.3) is 0 Å². The number of aromatic nitrogens is 1. The fourth-order valence-corrected chi connectivity index (χ4v) is 4.04. The molecule has 0 spiro atoms. The van der Waals surface area contributed by atoms with E-state index in [1.54, 1.807) is 0 Å². The minimum atomic E-state index is -1.49. The van der Waals surface area contributed by atoms with Gasteiger partial charge in [0, 0.05) is 31.4 Å². The first-order valence-corrected chi connectivity index (χ1v) is 10.0. The number of halogens is 3. The summed E-state index contributed by atoms with van der Waals surface area (Å²) in [5.74, 6) is -3.94. The number of carbonyl (C=O) groups is 2. The summed E-state index contributed by atoms with van der Waals surface area (Å²) >= 11 is 0. The number of nitrogen functional groups attached to an aromatic ring is 1. The Kier molecular flexibility index (Phi) is 7.56. The van der Waals surface area contributed by atoms with Crippen molar-refractivity contribution < 1.29 is 29.0 Å². The Balaban J connectivity index is 0.00000193. The molecular formula is C20H26ClF2N5O5. The molecule has 0 bridgehead atoms. The lowest BCUT2D eigenvalue weighted by Crippen LogP contribution is -2.45. The molecular weight excluding hydrogens is 464 g/mol. The molecule has 1 aliphatic heterocycles. The fourth-order valence-electron chi connectivity index (χ4n) is 4.04. The second-order valence-corrected chi connectivity index (χ2v) is 8.16. The molecule has 2 heterocycles. The second kappa shape index (κ2) is 9.49. The molecule has 1 saturated carbocycles. The smallest absolute Gasteiger partial charge is 0.341 e. The SMILES string of the molecule is C[C@H](N)C(=O)N[C@@H]1CCN(c2c(F)c(N)c3c(=O)c(C(=O)O)cn(C4CC4)c3c2F)C1.Cl.O. The van der Waals surface area contributed by atoms with Crippen molar-refractivity contribution in [3.05, 3.63) is 33.6 Å². The van der Waals surface area contributed by atoms with Gasteiger partial charge in [-0.1, -0.05) is 0 Å². The van der Waals surface area contributed by atoms with Crippen LogP contribution in [0.4, 0.5) is 20.2 Å². The highest BCUT2D eigenvalue weighted by molar-refractivity contribution is 5.99. The summed E-state index contributed by atoms with van der Waals surface area (Å²) in [4.78, 5) is 37.5. The Morgan fingerprint density at radius 2 is 1.88 bits per heavy atom. The van der Waals surface area contributed by atoms with Crippen molar-refractivity contribution in [3.63, 3.8) is 0 Å². The van der Waals surface area contributed by atoms with Crippen LogP contribution in [0.1, 0.15) is 42.6 Å². The third kappa shape index (κ3) is 4.45. The van der Waals surface area contributed by atoms with Crippen molar-refractivity contribution in [1.29, 1.82) is 0 Å². The average molecular weight is 490 g/mol. The number of fused-ring (bicyclic) bond motifs is 1. The van der Waals surface area contributed by atoms with Gasteiger partial charge in [-0.2, -0.15) is 0 Å². The number of hydrogen-bond acceptors (Lipinski definition) is 6. The summed E-state index contributed by atoms with van der Waals surface area (Å²) in [5.41, 5.74) is 8.68. The van der Waals surface area contributed by atoms with Crippen LogP contribution in [0.15, 0.2) is 11.0 Å². The summed E-state index contributed by atoms with van der Waals surface area (Å²) in [7, 11) is 0. The van der Waals surface area contributed by atoms with E-state index in [2.05, 4.69) is 5.32 Å². The largest absolute Gasteiger partial charge is 0.477 e. The van der Waals surface area contributed by atoms with Crippen LogP contribution in [0.3, 0.4) is 0 Å². The van der Waals surface area contributed by atoms with Gasteiger partial charge >= 0.3 is 5.97 Å². The molecule has 182 valence electrons. The number of aromatic carboxylic acids is 1. The normalized spacial score (nSPS) is 18.4. The van der Waals surface area contributed by atoms with Crippen LogP contribution in [-0.4, -0.2) is 52.2 Å². The summed E-state index contributed by atoms with van der Waals surface area (Å²) < 4.78 is 32.3. The van der Waals surface area contributed by atoms with E-state index < -0.39 is 45.7 Å². The molecule has 0 unspecified atom stereocenters. The standard InChI is InChI=1S/C20H23F2N5O4.ClH.H2O/c1-8(23)19(29)25-9-4-5-26(6-9)17-13(21)15(24)12-16(14(17)22)27(10-2-3-10)7-11(18(12)28)20(30)31;;/h7-10H,2-6,23-24H2,1H3,(H,25,29)(H,30,31);1H;1H2/t8-,9+;;/m0../s1. The van der Waals surface area contributed by atoms with Crippen molar-refractivity contribution in [2.75, 3.05) is 23.7 Å². The van der Waals surface area contributed by atoms with Crippen LogP contribution in [-0.2, 0) is 4.79 Å². The molecule has 0 radical (unpaired) electrons. The number of amides is 1. The van der Waals surface area contributed by atoms with Crippen LogP contribution >= 0.6 is 12.4 Å². The number of nitrogens with zero attached hydrogens (tertiary/aromatic N) is 2. The number of hydrogen-bond donors (Lipinski definition) is 4. The van der Waals surface area contributed by atoms with Crippen LogP contribution < -0.4 is 27.1 Å². The highest BCUT2D eigenvalue weighted by Crippen LogP contribution is 2.42. The first kappa shape index (κ1) is 26.3. The Morgan fingerprint density at radius 3 is 2.42 bits per heavy atom. The molecule has 2 aliphatic rings. The lowest BCUT2D eigenvalue weighted by Gasteiger charge is -2.24. The van der Waals surface area contributed by atoms with Gasteiger partial charge < -0.3 is 36.8 Å². The lowest BCUT2D eigenvalue weighted by atomic mass is 10.1. The molecule has 1 amide bonds. The Hall–Kier alpha value is -2.96. The number of rotatable bonds is 5. The predicted octanol–water partition coefficient (Wildman–Crippen LogP) is 0.534. The molecule has 13 heteroatoms. The molecule has 1 aliphatic carbocycles. The van der Waals surface area contributed by atoms with Crippen molar-refractivity contribution in [2.45, 2.75) is 44.3 Å². The van der Waals surface area contributed by atoms with E-state index >= 15 is 8.78 Å². The molecule has 1 aromatic carbocycles. The summed E-state index contributed by atoms with van der Waals surface area (Å²) in [6.45, 7) is 1.93. The zero-order chi connectivity index (χ0) is 22.6. The van der Waals surface area contributed by atoms with Gasteiger partial charge in [0.2, 0.25) is 11.3 Å². The molecule has 33 heavy (non-hydrogen) atoms. The van der Waals surface area contributed by atoms with Gasteiger partial charge in [-0.3, -0.25) is 9.59 Å². The number of nitrogens with two attached hydrogens (primary N) is 2. The molecule has 10 nitrogen and oxygen atoms in total. The minimum absolute atomic E-state index is 0. The Morgan fingerprint density at radius 1 is 1.24 bits per heavy atom. The molecule has 1 saturated heterocycles. The molecule has 2 atom stereocenters. The number of benzene rings is 1. The number of carboxylic acids is 1. The van der Waals surface area contributed by atoms with Gasteiger partial charge in [-0.25, -0.2) is 13.6 Å². The number of nitrogens with one attached hydrogen (secondary N) is 1. The van der Waals surface area contributed by atoms with Gasteiger partial charge in [-0.05, 0) is 26.2 Å². The third-order valence-electron chi connectivity index (χ3n) is 5.80. The zero-order valence-electron chi connectivity index (χ0n) is 17.7. The molecule has 4 rings (SSSR count). The Labute approximate surface area is 193 Å². The van der Waals surface area contributed by atoms with Crippen molar-refractivity contribution in [1.82, 2.24) is 9.88 Å². The number of carboxylic acid groups (broad SMARTS) is 1. The maximum absolute atomic E-state index is 15.7. The van der Waals surface area contributed by atoms with Crippen LogP contribution in [0.25, 0.3) is 10.9 Å². The average Bonchev–Trinajstić information content (AvgIpc) is 3.45. The van der Waals surface area contributed by atoms with E-state index in [0.717, 1.165) is 6.20 Å². The fraction of sp³-hybridized carbons (Fsp3) is 0.450. The first-order valence-electron chi connectivity index (χ1n) is 10.0. The third-order valence-corrected chi connectivity index (χ3v) is 5.80. The molecule has 2 fully saturated rings. The van der Waals surface area contributed by atoms with E-state index in [1.165, 1.54) is 16.4 Å². The molecule has 1 aromatic heterocycles. The highest BCUT2D eigenvalue weighted by Gasteiger charge is 2.35. The van der Waals surface area contributed by atoms with E-state index in [-0.39, 0.29) is 60.2 Å². The van der Waals surface area contributed by atoms with Gasteiger partial charge in [0.1, 0.15) is 11.3 Å². The highest BCUT2D eigenvalue weighted by atomic mass is 35.5. The molecule has 8 N–H and O–H groups in total. The van der Waals surface area contributed by atoms with E-state index in [9.17, 15) is 19.5 Å². The minimum Gasteiger partial charge on any atom is -0.477 e. The Bertz CT molecular complexity index is 1170. The zero-order valence-corrected chi connectivity index (χ0v) is 18.5. The number of anilines is 2. The number of carbonyl (C=O) groups excluding carboxylic acids is 1. The lowest BCUT2D eigenvalue weighted by molar-refractivity contribution is -0.122. The first-order chi connectivity index (χ1) is 14.6. The monoisotopic (exact) mass is 489 g/mol. The summed E-state index contributed by atoms with van der Waals surface area (Å²) in [5, 5.41) is 11.6. The van der Waals surface area contributed by atoms with E-state index in [0.29, 0.717) is 19.3 Å². The quantitative estimate of drug-likeness (QED) is 0.443. The van der Waals surface area contributed by atoms with Crippen molar-refractivity contribution >= 4 is 46.6 Å². The van der Waals surface area contributed by atoms with Crippen LogP contribution in [0.2, 0.25) is 0 Å². The van der Waals surface area contributed by atoms with Crippen molar-refractivity contribution in [2.24, 2.45) is 5.73 Å². The van der Waals surface area contributed by atoms with Crippen molar-refractivity contribution in [3.8, 4) is 0 Å². The molecule has 2 aromatic rings. The summed E-state index contributed by atoms with van der Waals surface area (Å²) in [6, 6.07) is -1.26. The van der Waals surface area contributed by atoms with Crippen LogP contribution in [0.5, 0.6) is 0 Å².